The zero-order chi connectivity index (χ0) is 27.5. The van der Waals surface area contributed by atoms with Gasteiger partial charge in [-0.3, -0.25) is 10.1 Å². The number of carbonyl (C=O) groups excluding carboxylic acids is 2. The number of anilines is 1. The monoisotopic (exact) mass is 523 g/mol. The Balaban J connectivity index is 1.73. The average Bonchev–Trinajstić information content (AvgIpc) is 2.92. The van der Waals surface area contributed by atoms with E-state index in [4.69, 9.17) is 18.9 Å². The quantitative estimate of drug-likeness (QED) is 0.190. The number of urea groups is 1. The van der Waals surface area contributed by atoms with E-state index in [1.807, 2.05) is 30.3 Å². The average molecular weight is 524 g/mol. The van der Waals surface area contributed by atoms with Gasteiger partial charge in [0.05, 0.1) is 31.3 Å². The number of hydrogen-bond donors (Lipinski definition) is 2. The number of rotatable bonds is 12. The lowest BCUT2D eigenvalue weighted by molar-refractivity contribution is -0.385. The van der Waals surface area contributed by atoms with Gasteiger partial charge in [0.25, 0.3) is 0 Å². The molecule has 0 fully saturated rings. The number of hydrogen-bond acceptors (Lipinski definition) is 8. The molecule has 0 atom stereocenters. The zero-order valence-electron chi connectivity index (χ0n) is 21.3. The maximum Gasteiger partial charge on any atom is 0.341 e. The zero-order valence-corrected chi connectivity index (χ0v) is 21.3. The predicted molar refractivity (Wildman–Crippen MR) is 140 cm³/mol. The van der Waals surface area contributed by atoms with E-state index < -0.39 is 16.9 Å². The van der Waals surface area contributed by atoms with Crippen LogP contribution in [0.4, 0.5) is 16.2 Å². The SMILES string of the molecule is CCOc1cc([N+](=O)[O-])c(OCC)cc1CNC(=O)Nc1ccc(OCc2ccccc2)c(C(=O)OC)c1. The third kappa shape index (κ3) is 7.36. The maximum absolute atomic E-state index is 12.6. The number of esters is 1. The molecule has 0 spiro atoms. The van der Waals surface area contributed by atoms with Crippen molar-refractivity contribution in [3.63, 3.8) is 0 Å². The molecule has 0 bridgehead atoms. The molecule has 3 aromatic rings. The molecule has 0 unspecified atom stereocenters. The summed E-state index contributed by atoms with van der Waals surface area (Å²) < 4.78 is 21.6. The van der Waals surface area contributed by atoms with Crippen LogP contribution in [0.25, 0.3) is 0 Å². The Morgan fingerprint density at radius 2 is 1.61 bits per heavy atom. The maximum atomic E-state index is 12.6. The van der Waals surface area contributed by atoms with E-state index in [0.717, 1.165) is 5.56 Å². The third-order valence-corrected chi connectivity index (χ3v) is 5.26. The van der Waals surface area contributed by atoms with Crippen LogP contribution in [-0.2, 0) is 17.9 Å². The molecule has 38 heavy (non-hydrogen) atoms. The van der Waals surface area contributed by atoms with Gasteiger partial charge in [-0.05, 0) is 43.7 Å². The first kappa shape index (κ1) is 27.8. The van der Waals surface area contributed by atoms with Crippen molar-refractivity contribution in [3.05, 3.63) is 87.5 Å². The highest BCUT2D eigenvalue weighted by atomic mass is 16.6. The highest BCUT2D eigenvalue weighted by Gasteiger charge is 2.21. The standard InChI is InChI=1S/C27H29N3O8/c1-4-36-24-15-22(30(33)34)25(37-5-2)13-19(24)16-28-27(32)29-20-11-12-23(21(14-20)26(31)35-3)38-17-18-9-7-6-8-10-18/h6-15H,4-5,16-17H2,1-3H3,(H2,28,29,32). The summed E-state index contributed by atoms with van der Waals surface area (Å²) in [6.45, 7) is 4.22. The summed E-state index contributed by atoms with van der Waals surface area (Å²) in [5.74, 6) is 0.0259. The van der Waals surface area contributed by atoms with E-state index in [0.29, 0.717) is 17.0 Å². The Kier molecular flexibility index (Phi) is 9.86. The number of carbonyl (C=O) groups is 2. The molecule has 0 aliphatic rings. The van der Waals surface area contributed by atoms with Crippen LogP contribution in [0, 0.1) is 10.1 Å². The predicted octanol–water partition coefficient (Wildman–Crippen LogP) is 5.08. The molecule has 0 saturated carbocycles. The van der Waals surface area contributed by atoms with Gasteiger partial charge in [0.1, 0.15) is 23.7 Å². The molecule has 0 heterocycles. The number of methoxy groups -OCH3 is 1. The highest BCUT2D eigenvalue weighted by Crippen LogP contribution is 2.35. The van der Waals surface area contributed by atoms with Gasteiger partial charge in [0.2, 0.25) is 0 Å². The van der Waals surface area contributed by atoms with Crippen molar-refractivity contribution in [1.82, 2.24) is 5.32 Å². The Hall–Kier alpha value is -4.80. The fraction of sp³-hybridized carbons (Fsp3) is 0.259. The van der Waals surface area contributed by atoms with E-state index in [1.165, 1.54) is 25.3 Å². The molecule has 11 nitrogen and oxygen atoms in total. The highest BCUT2D eigenvalue weighted by molar-refractivity contribution is 5.96. The third-order valence-electron chi connectivity index (χ3n) is 5.26. The van der Waals surface area contributed by atoms with Gasteiger partial charge in [0, 0.05) is 17.8 Å². The molecule has 2 amide bonds. The summed E-state index contributed by atoms with van der Waals surface area (Å²) in [5.41, 5.74) is 1.68. The van der Waals surface area contributed by atoms with Crippen molar-refractivity contribution in [2.24, 2.45) is 0 Å². The summed E-state index contributed by atoms with van der Waals surface area (Å²) in [5, 5.41) is 16.8. The topological polar surface area (TPSA) is 138 Å². The van der Waals surface area contributed by atoms with Gasteiger partial charge in [0.15, 0.2) is 5.75 Å². The molecule has 0 aliphatic carbocycles. The molecule has 3 rings (SSSR count). The second-order valence-electron chi connectivity index (χ2n) is 7.84. The first-order valence-electron chi connectivity index (χ1n) is 11.9. The van der Waals surface area contributed by atoms with E-state index in [-0.39, 0.29) is 49.1 Å². The normalized spacial score (nSPS) is 10.3. The summed E-state index contributed by atoms with van der Waals surface area (Å²) in [6, 6.07) is 16.3. The van der Waals surface area contributed by atoms with Crippen molar-refractivity contribution in [2.45, 2.75) is 27.0 Å². The molecule has 200 valence electrons. The second-order valence-corrected chi connectivity index (χ2v) is 7.84. The minimum atomic E-state index is -0.618. The number of nitro groups is 1. The minimum Gasteiger partial charge on any atom is -0.493 e. The van der Waals surface area contributed by atoms with E-state index >= 15 is 0 Å². The van der Waals surface area contributed by atoms with Crippen molar-refractivity contribution >= 4 is 23.4 Å². The van der Waals surface area contributed by atoms with Crippen molar-refractivity contribution in [2.75, 3.05) is 25.6 Å². The van der Waals surface area contributed by atoms with Gasteiger partial charge >= 0.3 is 17.7 Å². The fourth-order valence-electron chi connectivity index (χ4n) is 3.52. The molecular weight excluding hydrogens is 494 g/mol. The van der Waals surface area contributed by atoms with Crippen LogP contribution in [0.3, 0.4) is 0 Å². The summed E-state index contributed by atoms with van der Waals surface area (Å²) in [7, 11) is 1.26. The first-order chi connectivity index (χ1) is 18.4. The Morgan fingerprint density at radius 3 is 2.26 bits per heavy atom. The number of amides is 2. The second kappa shape index (κ2) is 13.5. The van der Waals surface area contributed by atoms with E-state index in [1.54, 1.807) is 26.0 Å². The molecule has 3 aromatic carbocycles. The summed E-state index contributed by atoms with van der Waals surface area (Å²) in [4.78, 5) is 35.9. The van der Waals surface area contributed by atoms with Gasteiger partial charge in [-0.2, -0.15) is 0 Å². The van der Waals surface area contributed by atoms with Crippen LogP contribution in [0.1, 0.15) is 35.3 Å². The Morgan fingerprint density at radius 1 is 0.895 bits per heavy atom. The van der Waals surface area contributed by atoms with Crippen molar-refractivity contribution < 1.29 is 33.5 Å². The van der Waals surface area contributed by atoms with E-state index in [9.17, 15) is 19.7 Å². The van der Waals surface area contributed by atoms with Crippen LogP contribution in [0.15, 0.2) is 60.7 Å². The van der Waals surface area contributed by atoms with Gasteiger partial charge in [-0.25, -0.2) is 9.59 Å². The van der Waals surface area contributed by atoms with Crippen LogP contribution in [-0.4, -0.2) is 37.2 Å². The molecule has 0 aromatic heterocycles. The van der Waals surface area contributed by atoms with Crippen LogP contribution in [0.5, 0.6) is 17.2 Å². The van der Waals surface area contributed by atoms with Crippen LogP contribution in [0.2, 0.25) is 0 Å². The van der Waals surface area contributed by atoms with Crippen LogP contribution >= 0.6 is 0 Å². The molecular formula is C27H29N3O8. The number of benzene rings is 3. The summed E-state index contributed by atoms with van der Waals surface area (Å²) >= 11 is 0. The number of nitrogens with one attached hydrogen (secondary N) is 2. The number of nitro benzene ring substituents is 1. The smallest absolute Gasteiger partial charge is 0.341 e. The molecule has 11 heteroatoms. The minimum absolute atomic E-state index is 0.00135. The van der Waals surface area contributed by atoms with Gasteiger partial charge in [-0.1, -0.05) is 30.3 Å². The molecule has 0 aliphatic heterocycles. The number of nitrogens with zero attached hydrogens (tertiary/aromatic N) is 1. The summed E-state index contributed by atoms with van der Waals surface area (Å²) in [6.07, 6.45) is 0. The Bertz CT molecular complexity index is 1280. The number of ether oxygens (including phenoxy) is 4. The van der Waals surface area contributed by atoms with Gasteiger partial charge < -0.3 is 29.6 Å². The van der Waals surface area contributed by atoms with Crippen molar-refractivity contribution in [3.8, 4) is 17.2 Å². The van der Waals surface area contributed by atoms with Crippen molar-refractivity contribution in [1.29, 1.82) is 0 Å². The largest absolute Gasteiger partial charge is 0.493 e. The van der Waals surface area contributed by atoms with E-state index in [2.05, 4.69) is 10.6 Å². The Labute approximate surface area is 219 Å². The lowest BCUT2D eigenvalue weighted by Gasteiger charge is -2.15. The van der Waals surface area contributed by atoms with Gasteiger partial charge in [-0.15, -0.1) is 0 Å². The van der Waals surface area contributed by atoms with Crippen LogP contribution < -0.4 is 24.8 Å². The molecule has 2 N–H and O–H groups in total. The first-order valence-corrected chi connectivity index (χ1v) is 11.9. The molecule has 0 saturated heterocycles. The molecule has 0 radical (unpaired) electrons. The lowest BCUT2D eigenvalue weighted by Crippen LogP contribution is -2.28. The lowest BCUT2D eigenvalue weighted by atomic mass is 10.1. The fourth-order valence-corrected chi connectivity index (χ4v) is 3.52.